The maximum atomic E-state index is 5.12. The van der Waals surface area contributed by atoms with Gasteiger partial charge in [-0.05, 0) is 32.6 Å². The van der Waals surface area contributed by atoms with E-state index in [1.54, 1.807) is 4.90 Å². The van der Waals surface area contributed by atoms with Crippen LogP contribution in [0.2, 0.25) is 0 Å². The summed E-state index contributed by atoms with van der Waals surface area (Å²) in [7, 11) is 4.29. The maximum Gasteiger partial charge on any atom is 0.180 e. The molecule has 0 unspecified atom stereocenters. The molecule has 0 amide bonds. The summed E-state index contributed by atoms with van der Waals surface area (Å²) in [6.07, 6.45) is 3.59. The first kappa shape index (κ1) is 24.9. The van der Waals surface area contributed by atoms with E-state index in [1.807, 2.05) is 6.07 Å². The predicted octanol–water partition coefficient (Wildman–Crippen LogP) is 2.25. The Morgan fingerprint density at radius 3 is 2.18 bits per heavy atom. The summed E-state index contributed by atoms with van der Waals surface area (Å²) in [4.78, 5) is 21.6. The topological polar surface area (TPSA) is 77.2 Å². The number of rotatable bonds is 7. The lowest BCUT2D eigenvalue weighted by atomic mass is 9.72. The van der Waals surface area contributed by atoms with Gasteiger partial charge < -0.3 is 20.4 Å². The molecule has 7 nitrogen and oxygen atoms in total. The molecule has 1 aliphatic heterocycles. The molecule has 7 heteroatoms. The van der Waals surface area contributed by atoms with Crippen molar-refractivity contribution in [2.45, 2.75) is 24.8 Å². The second-order valence-electron chi connectivity index (χ2n) is 11.3. The van der Waals surface area contributed by atoms with Crippen LogP contribution in [0.1, 0.15) is 24.8 Å². The number of pyridine rings is 1. The number of anilines is 1. The Hall–Kier alpha value is -3.39. The number of benzene rings is 2. The van der Waals surface area contributed by atoms with Crippen LogP contribution in [0.25, 0.3) is 33.7 Å². The van der Waals surface area contributed by atoms with E-state index in [1.165, 1.54) is 18.5 Å². The largest absolute Gasteiger partial charge is 0.349 e. The molecule has 4 aromatic rings. The third-order valence-corrected chi connectivity index (χ3v) is 8.35. The zero-order valence-corrected chi connectivity index (χ0v) is 22.7. The van der Waals surface area contributed by atoms with Gasteiger partial charge in [0.15, 0.2) is 5.65 Å². The van der Waals surface area contributed by atoms with Crippen molar-refractivity contribution in [2.75, 3.05) is 58.3 Å². The van der Waals surface area contributed by atoms with Gasteiger partial charge in [0.25, 0.3) is 0 Å². The zero-order chi connectivity index (χ0) is 26.1. The van der Waals surface area contributed by atoms with Crippen LogP contribution in [0.15, 0.2) is 66.7 Å². The molecule has 1 aliphatic carbocycles. The number of fused-ring (bicyclic) bond motifs is 1. The fourth-order valence-electron chi connectivity index (χ4n) is 5.67. The molecule has 1 saturated carbocycles. The number of piperazine rings is 1. The molecule has 0 atom stereocenters. The van der Waals surface area contributed by atoms with E-state index in [2.05, 4.69) is 90.3 Å². The summed E-state index contributed by atoms with van der Waals surface area (Å²) in [6.45, 7) is 6.62. The Kier molecular flexibility index (Phi) is 6.82. The Bertz CT molecular complexity index is 1390. The first-order valence-corrected chi connectivity index (χ1v) is 13.9. The molecule has 2 aromatic heterocycles. The smallest absolute Gasteiger partial charge is 0.180 e. The zero-order valence-electron chi connectivity index (χ0n) is 22.7. The van der Waals surface area contributed by atoms with Crippen molar-refractivity contribution in [3.63, 3.8) is 0 Å². The third-order valence-electron chi connectivity index (χ3n) is 8.35. The fourth-order valence-corrected chi connectivity index (χ4v) is 5.67. The number of hydrogen-bond donors (Lipinski definition) is 2. The second-order valence-corrected chi connectivity index (χ2v) is 11.3. The Balaban J connectivity index is 1.31. The molecule has 2 aliphatic rings. The van der Waals surface area contributed by atoms with Crippen LogP contribution >= 0.6 is 0 Å². The number of aromatic nitrogens is 3. The monoisotopic (exact) mass is 509 g/mol. The van der Waals surface area contributed by atoms with Gasteiger partial charge in [0.05, 0.1) is 44.1 Å². The molecule has 0 bridgehead atoms. The summed E-state index contributed by atoms with van der Waals surface area (Å²) >= 11 is 0. The van der Waals surface area contributed by atoms with E-state index in [-0.39, 0.29) is 5.54 Å². The molecule has 196 valence electrons. The standard InChI is InChI=1S/C31H37N7/c1-36(2)17-18-37-19-21-38(22-20-37)27-14-13-26-30(34-27)35-29(23-7-4-3-5-8-23)28(33-26)24-9-11-25(12-10-24)31(32)15-6-16-31/h3-5,7-14H,6,15-22,32H2,1-2H3/p+2. The number of nitrogens with one attached hydrogen (secondary N) is 1. The first-order chi connectivity index (χ1) is 18.5. The van der Waals surface area contributed by atoms with Crippen molar-refractivity contribution in [2.24, 2.45) is 0 Å². The minimum absolute atomic E-state index is 0.0789. The van der Waals surface area contributed by atoms with E-state index in [4.69, 9.17) is 15.0 Å². The third kappa shape index (κ3) is 5.01. The quantitative estimate of drug-likeness (QED) is 0.400. The first-order valence-electron chi connectivity index (χ1n) is 13.9. The molecular weight excluding hydrogens is 470 g/mol. The van der Waals surface area contributed by atoms with E-state index in [9.17, 15) is 0 Å². The number of nitrogens with zero attached hydrogens (tertiary/aromatic N) is 5. The maximum absolute atomic E-state index is 5.12. The highest BCUT2D eigenvalue weighted by Crippen LogP contribution is 2.38. The highest BCUT2D eigenvalue weighted by atomic mass is 15.3. The summed E-state index contributed by atoms with van der Waals surface area (Å²) in [5.41, 5.74) is 11.3. The lowest BCUT2D eigenvalue weighted by Gasteiger charge is -2.34. The van der Waals surface area contributed by atoms with Gasteiger partial charge in [-0.3, -0.25) is 0 Å². The average Bonchev–Trinajstić information content (AvgIpc) is 2.94. The van der Waals surface area contributed by atoms with Crippen molar-refractivity contribution in [3.8, 4) is 22.5 Å². The molecule has 1 saturated heterocycles. The van der Waals surface area contributed by atoms with Gasteiger partial charge in [0, 0.05) is 36.1 Å². The van der Waals surface area contributed by atoms with E-state index >= 15 is 0 Å². The normalized spacial score (nSPS) is 17.6. The van der Waals surface area contributed by atoms with Crippen LogP contribution in [0.3, 0.4) is 0 Å². The lowest BCUT2D eigenvalue weighted by Crippen LogP contribution is -3.15. The van der Waals surface area contributed by atoms with Crippen LogP contribution in [-0.2, 0) is 5.54 Å². The molecule has 3 heterocycles. The number of hydrogen-bond acceptors (Lipinski definition) is 5. The number of likely N-dealkylation sites (N-methyl/N-ethyl adjacent to an activating group) is 1. The van der Waals surface area contributed by atoms with Crippen molar-refractivity contribution >= 4 is 17.0 Å². The van der Waals surface area contributed by atoms with E-state index in [0.717, 1.165) is 79.4 Å². The summed E-state index contributed by atoms with van der Waals surface area (Å²) in [6, 6.07) is 23.4. The Morgan fingerprint density at radius 2 is 1.53 bits per heavy atom. The molecule has 38 heavy (non-hydrogen) atoms. The molecule has 0 radical (unpaired) electrons. The van der Waals surface area contributed by atoms with Gasteiger partial charge in [-0.15, -0.1) is 0 Å². The molecular formula is C31H39N7+2. The minimum atomic E-state index is 0.0789. The van der Waals surface area contributed by atoms with Gasteiger partial charge >= 0.3 is 0 Å². The highest BCUT2D eigenvalue weighted by molar-refractivity contribution is 5.85. The van der Waals surface area contributed by atoms with Crippen molar-refractivity contribution in [1.29, 1.82) is 0 Å². The molecule has 0 spiro atoms. The van der Waals surface area contributed by atoms with Crippen molar-refractivity contribution in [3.05, 3.63) is 72.3 Å². The van der Waals surface area contributed by atoms with Gasteiger partial charge in [-0.2, -0.15) is 0 Å². The summed E-state index contributed by atoms with van der Waals surface area (Å²) in [5.74, 6) is 0.996. The second kappa shape index (κ2) is 10.4. The Labute approximate surface area is 225 Å². The highest BCUT2D eigenvalue weighted by Gasteiger charge is 2.38. The van der Waals surface area contributed by atoms with Gasteiger partial charge in [0.1, 0.15) is 16.9 Å². The van der Waals surface area contributed by atoms with Crippen LogP contribution in [0.5, 0.6) is 0 Å². The van der Waals surface area contributed by atoms with Crippen LogP contribution < -0.4 is 15.5 Å². The SMILES string of the molecule is CN(C)CC[NH+]1CCN(c2ccc3nc(-c4ccc(C5([NH3+])CCC5)cc4)c(-c4ccccc4)nc3n2)CC1. The van der Waals surface area contributed by atoms with Crippen LogP contribution in [0.4, 0.5) is 5.82 Å². The number of quaternary nitrogens is 2. The fraction of sp³-hybridized carbons (Fsp3) is 0.387. The van der Waals surface area contributed by atoms with Crippen LogP contribution in [0, 0.1) is 0 Å². The average molecular weight is 510 g/mol. The minimum Gasteiger partial charge on any atom is -0.349 e. The van der Waals surface area contributed by atoms with Crippen molar-refractivity contribution in [1.82, 2.24) is 19.9 Å². The van der Waals surface area contributed by atoms with Crippen LogP contribution in [-0.4, -0.2) is 73.2 Å². The lowest BCUT2D eigenvalue weighted by molar-refractivity contribution is -0.900. The van der Waals surface area contributed by atoms with Gasteiger partial charge in [-0.25, -0.2) is 15.0 Å². The van der Waals surface area contributed by atoms with E-state index in [0.29, 0.717) is 5.65 Å². The summed E-state index contributed by atoms with van der Waals surface area (Å²) in [5, 5.41) is 0. The predicted molar refractivity (Wildman–Crippen MR) is 153 cm³/mol. The molecule has 2 fully saturated rings. The van der Waals surface area contributed by atoms with Gasteiger partial charge in [-0.1, -0.05) is 54.6 Å². The molecule has 2 aromatic carbocycles. The molecule has 6 rings (SSSR count). The van der Waals surface area contributed by atoms with Gasteiger partial charge in [0.2, 0.25) is 0 Å². The molecule has 4 N–H and O–H groups in total. The van der Waals surface area contributed by atoms with Crippen molar-refractivity contribution < 1.29 is 10.6 Å². The Morgan fingerprint density at radius 1 is 0.842 bits per heavy atom. The summed E-state index contributed by atoms with van der Waals surface area (Å²) < 4.78 is 0. The van der Waals surface area contributed by atoms with E-state index < -0.39 is 0 Å².